The minimum absolute atomic E-state index is 0.143. The smallest absolute Gasteiger partial charge is 0.267 e. The SMILES string of the molecule is Cn1cc(CC(C)(C)C)c(N)c1C(N)=O. The molecule has 15 heavy (non-hydrogen) atoms. The molecule has 1 heterocycles. The fraction of sp³-hybridized carbons (Fsp3) is 0.545. The van der Waals surface area contributed by atoms with Gasteiger partial charge in [-0.05, 0) is 17.4 Å². The van der Waals surface area contributed by atoms with Crippen LogP contribution in [-0.4, -0.2) is 10.5 Å². The van der Waals surface area contributed by atoms with E-state index in [2.05, 4.69) is 20.8 Å². The summed E-state index contributed by atoms with van der Waals surface area (Å²) in [5.41, 5.74) is 13.2. The Hall–Kier alpha value is -1.45. The third-order valence-electron chi connectivity index (χ3n) is 2.26. The first kappa shape index (κ1) is 11.6. The number of amides is 1. The summed E-state index contributed by atoms with van der Waals surface area (Å²) in [4.78, 5) is 11.1. The van der Waals surface area contributed by atoms with Crippen molar-refractivity contribution in [1.82, 2.24) is 4.57 Å². The van der Waals surface area contributed by atoms with Gasteiger partial charge >= 0.3 is 0 Å². The molecule has 0 aliphatic carbocycles. The number of anilines is 1. The van der Waals surface area contributed by atoms with Gasteiger partial charge in [0, 0.05) is 13.2 Å². The fourth-order valence-corrected chi connectivity index (χ4v) is 1.73. The molecular formula is C11H19N3O. The lowest BCUT2D eigenvalue weighted by atomic mass is 9.88. The lowest BCUT2D eigenvalue weighted by Gasteiger charge is -2.17. The third kappa shape index (κ3) is 2.52. The summed E-state index contributed by atoms with van der Waals surface area (Å²) < 4.78 is 1.69. The van der Waals surface area contributed by atoms with Gasteiger partial charge in [0.15, 0.2) is 0 Å². The number of carbonyl (C=O) groups excluding carboxylic acids is 1. The second-order valence-electron chi connectivity index (χ2n) is 5.13. The van der Waals surface area contributed by atoms with Gasteiger partial charge in [0.05, 0.1) is 5.69 Å². The van der Waals surface area contributed by atoms with Crippen LogP contribution in [-0.2, 0) is 13.5 Å². The van der Waals surface area contributed by atoms with Crippen molar-refractivity contribution in [2.75, 3.05) is 5.73 Å². The highest BCUT2D eigenvalue weighted by atomic mass is 16.1. The highest BCUT2D eigenvalue weighted by Crippen LogP contribution is 2.27. The minimum Gasteiger partial charge on any atom is -0.397 e. The summed E-state index contributed by atoms with van der Waals surface area (Å²) in [6.07, 6.45) is 2.71. The predicted octanol–water partition coefficient (Wildman–Crippen LogP) is 1.29. The van der Waals surface area contributed by atoms with Crippen LogP contribution in [0.4, 0.5) is 5.69 Å². The van der Waals surface area contributed by atoms with Gasteiger partial charge in [-0.3, -0.25) is 4.79 Å². The summed E-state index contributed by atoms with van der Waals surface area (Å²) in [7, 11) is 1.78. The van der Waals surface area contributed by atoms with Gasteiger partial charge < -0.3 is 16.0 Å². The zero-order valence-electron chi connectivity index (χ0n) is 9.79. The van der Waals surface area contributed by atoms with Crippen LogP contribution in [0, 0.1) is 5.41 Å². The molecule has 0 saturated heterocycles. The van der Waals surface area contributed by atoms with Gasteiger partial charge in [0.2, 0.25) is 0 Å². The molecule has 0 saturated carbocycles. The van der Waals surface area contributed by atoms with Crippen molar-refractivity contribution in [3.05, 3.63) is 17.5 Å². The molecule has 4 nitrogen and oxygen atoms in total. The van der Waals surface area contributed by atoms with Crippen LogP contribution in [0.3, 0.4) is 0 Å². The number of carbonyl (C=O) groups is 1. The van der Waals surface area contributed by atoms with Crippen molar-refractivity contribution in [3.63, 3.8) is 0 Å². The number of hydrogen-bond acceptors (Lipinski definition) is 2. The van der Waals surface area contributed by atoms with E-state index in [-0.39, 0.29) is 5.41 Å². The predicted molar refractivity (Wildman–Crippen MR) is 61.5 cm³/mol. The van der Waals surface area contributed by atoms with E-state index in [1.165, 1.54) is 0 Å². The molecule has 0 fully saturated rings. The number of rotatable bonds is 2. The molecule has 0 bridgehead atoms. The van der Waals surface area contributed by atoms with Gasteiger partial charge in [0.25, 0.3) is 5.91 Å². The van der Waals surface area contributed by atoms with Gasteiger partial charge in [-0.25, -0.2) is 0 Å². The molecule has 0 atom stereocenters. The summed E-state index contributed by atoms with van der Waals surface area (Å²) >= 11 is 0. The van der Waals surface area contributed by atoms with Crippen LogP contribution >= 0.6 is 0 Å². The van der Waals surface area contributed by atoms with Gasteiger partial charge in [0.1, 0.15) is 5.69 Å². The van der Waals surface area contributed by atoms with E-state index in [1.807, 2.05) is 6.20 Å². The van der Waals surface area contributed by atoms with E-state index in [0.717, 1.165) is 12.0 Å². The first-order valence-electron chi connectivity index (χ1n) is 4.96. The molecule has 0 aromatic carbocycles. The van der Waals surface area contributed by atoms with E-state index in [9.17, 15) is 4.79 Å². The van der Waals surface area contributed by atoms with Crippen LogP contribution in [0.15, 0.2) is 6.20 Å². The van der Waals surface area contributed by atoms with E-state index in [4.69, 9.17) is 11.5 Å². The topological polar surface area (TPSA) is 74.0 Å². The molecule has 4 heteroatoms. The largest absolute Gasteiger partial charge is 0.397 e. The Morgan fingerprint density at radius 2 is 2.00 bits per heavy atom. The van der Waals surface area contributed by atoms with Crippen LogP contribution in [0.5, 0.6) is 0 Å². The van der Waals surface area contributed by atoms with Crippen molar-refractivity contribution >= 4 is 11.6 Å². The zero-order chi connectivity index (χ0) is 11.8. The summed E-state index contributed by atoms with van der Waals surface area (Å²) in [5.74, 6) is -0.477. The molecule has 0 radical (unpaired) electrons. The first-order valence-corrected chi connectivity index (χ1v) is 4.96. The Labute approximate surface area is 90.2 Å². The molecule has 0 aliphatic heterocycles. The van der Waals surface area contributed by atoms with E-state index in [0.29, 0.717) is 11.4 Å². The maximum atomic E-state index is 11.1. The third-order valence-corrected chi connectivity index (χ3v) is 2.26. The van der Waals surface area contributed by atoms with Gasteiger partial charge in [-0.2, -0.15) is 0 Å². The quantitative estimate of drug-likeness (QED) is 0.770. The Balaban J connectivity index is 3.13. The molecule has 1 aromatic rings. The lowest BCUT2D eigenvalue weighted by Crippen LogP contribution is -2.17. The Morgan fingerprint density at radius 1 is 1.47 bits per heavy atom. The number of aryl methyl sites for hydroxylation is 1. The number of hydrogen-bond donors (Lipinski definition) is 2. The second kappa shape index (κ2) is 3.61. The van der Waals surface area contributed by atoms with Crippen molar-refractivity contribution in [2.45, 2.75) is 27.2 Å². The van der Waals surface area contributed by atoms with Crippen LogP contribution in [0.25, 0.3) is 0 Å². The molecule has 4 N–H and O–H groups in total. The van der Waals surface area contributed by atoms with Gasteiger partial charge in [-0.1, -0.05) is 20.8 Å². The number of nitrogens with zero attached hydrogens (tertiary/aromatic N) is 1. The maximum Gasteiger partial charge on any atom is 0.267 e. The monoisotopic (exact) mass is 209 g/mol. The van der Waals surface area contributed by atoms with E-state index < -0.39 is 5.91 Å². The van der Waals surface area contributed by atoms with Crippen LogP contribution in [0.2, 0.25) is 0 Å². The van der Waals surface area contributed by atoms with Crippen molar-refractivity contribution in [2.24, 2.45) is 18.2 Å². The summed E-state index contributed by atoms with van der Waals surface area (Å²) in [6, 6.07) is 0. The molecule has 1 amide bonds. The highest BCUT2D eigenvalue weighted by molar-refractivity contribution is 5.97. The fourth-order valence-electron chi connectivity index (χ4n) is 1.73. The molecule has 1 aromatic heterocycles. The molecule has 0 aliphatic rings. The van der Waals surface area contributed by atoms with E-state index in [1.54, 1.807) is 11.6 Å². The molecule has 1 rings (SSSR count). The Kier molecular flexibility index (Phi) is 2.79. The van der Waals surface area contributed by atoms with Crippen molar-refractivity contribution in [3.8, 4) is 0 Å². The number of primary amides is 1. The number of aromatic nitrogens is 1. The van der Waals surface area contributed by atoms with Crippen LogP contribution < -0.4 is 11.5 Å². The number of nitrogens with two attached hydrogens (primary N) is 2. The number of nitrogen functional groups attached to an aromatic ring is 1. The van der Waals surface area contributed by atoms with E-state index >= 15 is 0 Å². The van der Waals surface area contributed by atoms with Gasteiger partial charge in [-0.15, -0.1) is 0 Å². The Bertz CT molecular complexity index is 385. The normalized spacial score (nSPS) is 11.7. The molecule has 0 unspecified atom stereocenters. The maximum absolute atomic E-state index is 11.1. The van der Waals surface area contributed by atoms with Crippen molar-refractivity contribution in [1.29, 1.82) is 0 Å². The first-order chi connectivity index (χ1) is 6.72. The van der Waals surface area contributed by atoms with Crippen molar-refractivity contribution < 1.29 is 4.79 Å². The summed E-state index contributed by atoms with van der Waals surface area (Å²) in [5, 5.41) is 0. The molecular weight excluding hydrogens is 190 g/mol. The standard InChI is InChI=1S/C11H19N3O/c1-11(2,3)5-7-6-14(4)9(8(7)12)10(13)15/h6H,5,12H2,1-4H3,(H2,13,15). The zero-order valence-corrected chi connectivity index (χ0v) is 9.79. The Morgan fingerprint density at radius 3 is 2.33 bits per heavy atom. The lowest BCUT2D eigenvalue weighted by molar-refractivity contribution is 0.0993. The van der Waals surface area contributed by atoms with Crippen LogP contribution in [0.1, 0.15) is 36.8 Å². The second-order valence-corrected chi connectivity index (χ2v) is 5.13. The molecule has 84 valence electrons. The summed E-state index contributed by atoms with van der Waals surface area (Å²) in [6.45, 7) is 6.39. The highest BCUT2D eigenvalue weighted by Gasteiger charge is 2.19. The minimum atomic E-state index is -0.477. The average molecular weight is 209 g/mol. The molecule has 0 spiro atoms. The average Bonchev–Trinajstić information content (AvgIpc) is 2.23.